The van der Waals surface area contributed by atoms with Crippen molar-refractivity contribution in [1.29, 1.82) is 0 Å². The molecule has 0 atom stereocenters. The molecule has 2 saturated heterocycles. The maximum Gasteiger partial charge on any atom is 0.243 e. The van der Waals surface area contributed by atoms with Gasteiger partial charge in [-0.25, -0.2) is 21.2 Å². The maximum absolute atomic E-state index is 13.5. The number of hydrogen-bond acceptors (Lipinski definition) is 5. The van der Waals surface area contributed by atoms with Crippen molar-refractivity contribution in [3.63, 3.8) is 0 Å². The molecule has 0 aliphatic carbocycles. The molecule has 10 heteroatoms. The standard InChI is InChI=1S/C22H28FN3O4S2/c1-17-15-21(26-9-3-4-14-31(26,27)28)16-18(2)22(17)32(29,30)25-12-10-24(11-13-25)20-7-5-19(23)6-8-20/h5-8,15-16H,3-4,9-14H2,1-2H3. The van der Waals surface area contributed by atoms with Crippen molar-refractivity contribution in [3.8, 4) is 0 Å². The van der Waals surface area contributed by atoms with Crippen molar-refractivity contribution in [3.05, 3.63) is 53.3 Å². The average Bonchev–Trinajstić information content (AvgIpc) is 2.73. The zero-order valence-corrected chi connectivity index (χ0v) is 19.9. The van der Waals surface area contributed by atoms with Crippen molar-refractivity contribution < 1.29 is 21.2 Å². The molecule has 2 heterocycles. The Morgan fingerprint density at radius 3 is 2.00 bits per heavy atom. The van der Waals surface area contributed by atoms with Gasteiger partial charge in [-0.1, -0.05) is 0 Å². The van der Waals surface area contributed by atoms with Gasteiger partial charge in [0, 0.05) is 38.4 Å². The van der Waals surface area contributed by atoms with Crippen molar-refractivity contribution in [2.24, 2.45) is 0 Å². The van der Waals surface area contributed by atoms with Crippen LogP contribution in [-0.2, 0) is 20.0 Å². The van der Waals surface area contributed by atoms with E-state index in [1.54, 1.807) is 38.1 Å². The monoisotopic (exact) mass is 481 g/mol. The van der Waals surface area contributed by atoms with Gasteiger partial charge in [0.1, 0.15) is 5.82 Å². The van der Waals surface area contributed by atoms with Crippen LogP contribution >= 0.6 is 0 Å². The first kappa shape index (κ1) is 23.0. The molecule has 2 aromatic rings. The van der Waals surface area contributed by atoms with Gasteiger partial charge in [-0.2, -0.15) is 4.31 Å². The fraction of sp³-hybridized carbons (Fsp3) is 0.455. The number of benzene rings is 2. The summed E-state index contributed by atoms with van der Waals surface area (Å²) >= 11 is 0. The highest BCUT2D eigenvalue weighted by atomic mass is 32.2. The third-order valence-corrected chi connectivity index (χ3v) is 10.2. The van der Waals surface area contributed by atoms with Crippen LogP contribution in [0.4, 0.5) is 15.8 Å². The van der Waals surface area contributed by atoms with Gasteiger partial charge in [0.05, 0.1) is 16.3 Å². The first-order chi connectivity index (χ1) is 15.1. The molecule has 0 unspecified atom stereocenters. The second kappa shape index (κ2) is 8.64. The Morgan fingerprint density at radius 1 is 0.844 bits per heavy atom. The molecule has 0 bridgehead atoms. The molecule has 174 valence electrons. The van der Waals surface area contributed by atoms with Crippen LogP contribution in [0.3, 0.4) is 0 Å². The summed E-state index contributed by atoms with van der Waals surface area (Å²) in [6, 6.07) is 9.52. The molecule has 32 heavy (non-hydrogen) atoms. The molecule has 0 aromatic heterocycles. The lowest BCUT2D eigenvalue weighted by molar-refractivity contribution is 0.384. The van der Waals surface area contributed by atoms with Crippen molar-refractivity contribution >= 4 is 31.4 Å². The molecule has 0 amide bonds. The Hall–Kier alpha value is -2.17. The number of aryl methyl sites for hydroxylation is 2. The van der Waals surface area contributed by atoms with Gasteiger partial charge >= 0.3 is 0 Å². The molecular formula is C22H28FN3O4S2. The Balaban J connectivity index is 1.56. The van der Waals surface area contributed by atoms with Crippen LogP contribution in [0.2, 0.25) is 0 Å². The minimum Gasteiger partial charge on any atom is -0.369 e. The highest BCUT2D eigenvalue weighted by Gasteiger charge is 2.33. The Labute approximate surface area is 189 Å². The number of nitrogens with zero attached hydrogens (tertiary/aromatic N) is 3. The first-order valence-corrected chi connectivity index (χ1v) is 13.8. The molecule has 2 fully saturated rings. The number of piperazine rings is 1. The van der Waals surface area contributed by atoms with Crippen LogP contribution in [-0.4, -0.2) is 59.6 Å². The third-order valence-electron chi connectivity index (χ3n) is 6.11. The maximum atomic E-state index is 13.5. The highest BCUT2D eigenvalue weighted by Crippen LogP contribution is 2.32. The highest BCUT2D eigenvalue weighted by molar-refractivity contribution is 7.92. The molecular weight excluding hydrogens is 453 g/mol. The van der Waals surface area contributed by atoms with Crippen LogP contribution in [0.1, 0.15) is 24.0 Å². The van der Waals surface area contributed by atoms with Crippen molar-refractivity contribution in [2.45, 2.75) is 31.6 Å². The van der Waals surface area contributed by atoms with Crippen LogP contribution < -0.4 is 9.21 Å². The van der Waals surface area contributed by atoms with E-state index >= 15 is 0 Å². The Bertz CT molecular complexity index is 1180. The van der Waals surface area contributed by atoms with Crippen LogP contribution in [0.5, 0.6) is 0 Å². The largest absolute Gasteiger partial charge is 0.369 e. The first-order valence-electron chi connectivity index (χ1n) is 10.7. The van der Waals surface area contributed by atoms with Crippen LogP contribution in [0.25, 0.3) is 0 Å². The lowest BCUT2D eigenvalue weighted by Gasteiger charge is -2.36. The van der Waals surface area contributed by atoms with E-state index in [0.717, 1.165) is 12.1 Å². The van der Waals surface area contributed by atoms with Crippen molar-refractivity contribution in [2.75, 3.05) is 47.7 Å². The normalized spacial score (nSPS) is 19.8. The molecule has 0 spiro atoms. The average molecular weight is 482 g/mol. The van der Waals surface area contributed by atoms with E-state index in [1.165, 1.54) is 20.7 Å². The minimum atomic E-state index is -3.73. The summed E-state index contributed by atoms with van der Waals surface area (Å²) in [6.07, 6.45) is 1.43. The van der Waals surface area contributed by atoms with Gasteiger partial charge in [0.15, 0.2) is 0 Å². The van der Waals surface area contributed by atoms with Gasteiger partial charge in [0.25, 0.3) is 0 Å². The van der Waals surface area contributed by atoms with E-state index < -0.39 is 20.0 Å². The number of anilines is 2. The zero-order valence-electron chi connectivity index (χ0n) is 18.3. The molecule has 0 radical (unpaired) electrons. The zero-order chi connectivity index (χ0) is 23.1. The van der Waals surface area contributed by atoms with Gasteiger partial charge in [0.2, 0.25) is 20.0 Å². The fourth-order valence-corrected chi connectivity index (χ4v) is 7.98. The molecule has 0 N–H and O–H groups in total. The van der Waals surface area contributed by atoms with Gasteiger partial charge < -0.3 is 4.90 Å². The SMILES string of the molecule is Cc1cc(N2CCCCS2(=O)=O)cc(C)c1S(=O)(=O)N1CCN(c2ccc(F)cc2)CC1. The lowest BCUT2D eigenvalue weighted by Crippen LogP contribution is -2.49. The topological polar surface area (TPSA) is 78.0 Å². The number of sulfonamides is 2. The summed E-state index contributed by atoms with van der Waals surface area (Å²) in [5.41, 5.74) is 2.48. The van der Waals surface area contributed by atoms with Gasteiger partial charge in [-0.3, -0.25) is 4.31 Å². The van der Waals surface area contributed by atoms with Crippen molar-refractivity contribution in [1.82, 2.24) is 4.31 Å². The van der Waals surface area contributed by atoms with E-state index in [0.29, 0.717) is 56.0 Å². The number of halogens is 1. The minimum absolute atomic E-state index is 0.115. The summed E-state index contributed by atoms with van der Waals surface area (Å²) in [6.45, 7) is 5.50. The molecule has 2 aliphatic rings. The number of hydrogen-bond donors (Lipinski definition) is 0. The lowest BCUT2D eigenvalue weighted by atomic mass is 10.1. The van der Waals surface area contributed by atoms with Gasteiger partial charge in [-0.05, 0) is 74.2 Å². The Morgan fingerprint density at radius 2 is 1.44 bits per heavy atom. The summed E-state index contributed by atoms with van der Waals surface area (Å²) in [5, 5.41) is 0. The summed E-state index contributed by atoms with van der Waals surface area (Å²) < 4.78 is 67.9. The fourth-order valence-electron chi connectivity index (χ4n) is 4.52. The molecule has 0 saturated carbocycles. The third kappa shape index (κ3) is 4.35. The van der Waals surface area contributed by atoms with E-state index in [-0.39, 0.29) is 16.5 Å². The predicted molar refractivity (Wildman–Crippen MR) is 124 cm³/mol. The van der Waals surface area contributed by atoms with E-state index in [2.05, 4.69) is 0 Å². The summed E-state index contributed by atoms with van der Waals surface area (Å²) in [5.74, 6) is -0.189. The van der Waals surface area contributed by atoms with Crippen LogP contribution in [0.15, 0.2) is 41.3 Å². The van der Waals surface area contributed by atoms with Crippen LogP contribution in [0, 0.1) is 19.7 Å². The Kier molecular flexibility index (Phi) is 6.21. The summed E-state index contributed by atoms with van der Waals surface area (Å²) in [7, 11) is -7.10. The predicted octanol–water partition coefficient (Wildman–Crippen LogP) is 2.88. The molecule has 2 aliphatic heterocycles. The second-order valence-corrected chi connectivity index (χ2v) is 12.3. The van der Waals surface area contributed by atoms with Gasteiger partial charge in [-0.15, -0.1) is 0 Å². The molecule has 2 aromatic carbocycles. The van der Waals surface area contributed by atoms with E-state index in [1.807, 2.05) is 4.90 Å². The van der Waals surface area contributed by atoms with E-state index in [9.17, 15) is 21.2 Å². The summed E-state index contributed by atoms with van der Waals surface area (Å²) in [4.78, 5) is 2.28. The van der Waals surface area contributed by atoms with E-state index in [4.69, 9.17) is 0 Å². The second-order valence-electron chi connectivity index (χ2n) is 8.37. The molecule has 7 nitrogen and oxygen atoms in total. The smallest absolute Gasteiger partial charge is 0.243 e. The molecule has 4 rings (SSSR count). The quantitative estimate of drug-likeness (QED) is 0.671. The number of rotatable bonds is 4.